The molecule has 0 atom stereocenters. The fourth-order valence-corrected chi connectivity index (χ4v) is 3.79. The zero-order valence-corrected chi connectivity index (χ0v) is 17.1. The van der Waals surface area contributed by atoms with E-state index in [1.807, 2.05) is 0 Å². The smallest absolute Gasteiger partial charge is 0.399 e. The Bertz CT molecular complexity index is 579. The van der Waals surface area contributed by atoms with E-state index in [2.05, 4.69) is 77.6 Å². The summed E-state index contributed by atoms with van der Waals surface area (Å²) in [7, 11) is -0.262. The second-order valence-electron chi connectivity index (χ2n) is 9.69. The fraction of sp³-hybridized carbons (Fsp3) is 0.714. The first-order chi connectivity index (χ1) is 11.5. The number of likely N-dealkylation sites (tertiary alicyclic amines) is 1. The van der Waals surface area contributed by atoms with Crippen LogP contribution in [-0.2, 0) is 9.31 Å². The molecule has 0 unspecified atom stereocenters. The Morgan fingerprint density at radius 1 is 0.920 bits per heavy atom. The fourth-order valence-electron chi connectivity index (χ4n) is 3.79. The topological polar surface area (TPSA) is 21.7 Å². The first kappa shape index (κ1) is 18.9. The van der Waals surface area contributed by atoms with Gasteiger partial charge in [0.2, 0.25) is 0 Å². The summed E-state index contributed by atoms with van der Waals surface area (Å²) in [6.07, 6.45) is 2.49. The number of hydrogen-bond donors (Lipinski definition) is 0. The van der Waals surface area contributed by atoms with Crippen molar-refractivity contribution >= 4 is 12.6 Å². The lowest BCUT2D eigenvalue weighted by Gasteiger charge is -2.41. The van der Waals surface area contributed by atoms with Gasteiger partial charge in [0.05, 0.1) is 11.2 Å². The van der Waals surface area contributed by atoms with Gasteiger partial charge in [-0.2, -0.15) is 0 Å². The van der Waals surface area contributed by atoms with Crippen molar-refractivity contribution in [2.75, 3.05) is 13.1 Å². The van der Waals surface area contributed by atoms with Crippen LogP contribution in [0.2, 0.25) is 0 Å². The maximum Gasteiger partial charge on any atom is 0.494 e. The molecule has 0 amide bonds. The number of nitrogens with zero attached hydrogens (tertiary/aromatic N) is 1. The molecule has 2 saturated heterocycles. The van der Waals surface area contributed by atoms with Crippen LogP contribution in [0.1, 0.15) is 72.8 Å². The van der Waals surface area contributed by atoms with Crippen molar-refractivity contribution in [1.29, 1.82) is 0 Å². The number of hydrogen-bond acceptors (Lipinski definition) is 3. The van der Waals surface area contributed by atoms with E-state index < -0.39 is 0 Å². The molecule has 2 heterocycles. The molecule has 0 saturated carbocycles. The van der Waals surface area contributed by atoms with Crippen LogP contribution in [0, 0.1) is 0 Å². The lowest BCUT2D eigenvalue weighted by Crippen LogP contribution is -2.45. The van der Waals surface area contributed by atoms with Crippen LogP contribution in [0.3, 0.4) is 0 Å². The summed E-state index contributed by atoms with van der Waals surface area (Å²) in [6, 6.07) is 8.93. The zero-order chi connectivity index (χ0) is 18.5. The number of piperidine rings is 1. The van der Waals surface area contributed by atoms with Gasteiger partial charge in [0.15, 0.2) is 0 Å². The molecule has 2 aliphatic heterocycles. The average Bonchev–Trinajstić information content (AvgIpc) is 2.75. The molecule has 138 valence electrons. The van der Waals surface area contributed by atoms with Crippen LogP contribution in [0.25, 0.3) is 0 Å². The van der Waals surface area contributed by atoms with Crippen LogP contribution in [-0.4, -0.2) is 41.8 Å². The molecular formula is C21H34BNO2. The second-order valence-corrected chi connectivity index (χ2v) is 9.69. The quantitative estimate of drug-likeness (QED) is 0.759. The maximum absolute atomic E-state index is 6.16. The maximum atomic E-state index is 6.16. The normalized spacial score (nSPS) is 24.7. The van der Waals surface area contributed by atoms with Gasteiger partial charge in [0.25, 0.3) is 0 Å². The SMILES string of the molecule is CC(C)(C)N1CCC(c2ccc(B3OC(C)(C)C(C)(C)O3)cc2)CC1. The third-order valence-corrected chi connectivity index (χ3v) is 6.38. The third kappa shape index (κ3) is 3.81. The van der Waals surface area contributed by atoms with E-state index in [4.69, 9.17) is 9.31 Å². The molecule has 3 rings (SSSR count). The van der Waals surface area contributed by atoms with E-state index >= 15 is 0 Å². The van der Waals surface area contributed by atoms with Gasteiger partial charge < -0.3 is 9.31 Å². The monoisotopic (exact) mass is 343 g/mol. The lowest BCUT2D eigenvalue weighted by molar-refractivity contribution is 0.00578. The summed E-state index contributed by atoms with van der Waals surface area (Å²) in [5, 5.41) is 0. The van der Waals surface area contributed by atoms with Crippen molar-refractivity contribution in [3.63, 3.8) is 0 Å². The molecule has 0 bridgehead atoms. The third-order valence-electron chi connectivity index (χ3n) is 6.38. The summed E-state index contributed by atoms with van der Waals surface area (Å²) < 4.78 is 12.3. The highest BCUT2D eigenvalue weighted by molar-refractivity contribution is 6.62. The molecule has 3 nitrogen and oxygen atoms in total. The summed E-state index contributed by atoms with van der Waals surface area (Å²) in [4.78, 5) is 2.60. The Morgan fingerprint density at radius 2 is 1.40 bits per heavy atom. The van der Waals surface area contributed by atoms with Crippen molar-refractivity contribution in [2.45, 2.75) is 84.0 Å². The highest BCUT2D eigenvalue weighted by atomic mass is 16.7. The highest BCUT2D eigenvalue weighted by Crippen LogP contribution is 2.36. The van der Waals surface area contributed by atoms with Gasteiger partial charge in [0.1, 0.15) is 0 Å². The Labute approximate surface area is 154 Å². The number of rotatable bonds is 2. The molecule has 0 aromatic heterocycles. The Kier molecular flexibility index (Phi) is 4.85. The minimum absolute atomic E-state index is 0.262. The Hall–Kier alpha value is -0.835. The van der Waals surface area contributed by atoms with Gasteiger partial charge in [-0.15, -0.1) is 0 Å². The second kappa shape index (κ2) is 6.40. The predicted octanol–water partition coefficient (Wildman–Crippen LogP) is 3.96. The average molecular weight is 343 g/mol. The Morgan fingerprint density at radius 3 is 1.84 bits per heavy atom. The van der Waals surface area contributed by atoms with E-state index in [1.165, 1.54) is 31.5 Å². The van der Waals surface area contributed by atoms with Gasteiger partial charge in [-0.3, -0.25) is 4.90 Å². The summed E-state index contributed by atoms with van der Waals surface area (Å²) in [6.45, 7) is 17.7. The van der Waals surface area contributed by atoms with Crippen molar-refractivity contribution in [3.05, 3.63) is 29.8 Å². The predicted molar refractivity (Wildman–Crippen MR) is 105 cm³/mol. The van der Waals surface area contributed by atoms with Crippen molar-refractivity contribution < 1.29 is 9.31 Å². The molecule has 1 aromatic rings. The van der Waals surface area contributed by atoms with Gasteiger partial charge in [-0.25, -0.2) is 0 Å². The Balaban J connectivity index is 1.64. The summed E-state index contributed by atoms with van der Waals surface area (Å²) in [5.41, 5.74) is 2.29. The molecule has 2 aliphatic rings. The van der Waals surface area contributed by atoms with Crippen molar-refractivity contribution in [3.8, 4) is 0 Å². The highest BCUT2D eigenvalue weighted by Gasteiger charge is 2.51. The standard InChI is InChI=1S/C21H34BNO2/c1-19(2,3)23-14-12-17(13-15-23)16-8-10-18(11-9-16)22-24-20(4,5)21(6,7)25-22/h8-11,17H,12-15H2,1-7H3. The van der Waals surface area contributed by atoms with Crippen LogP contribution >= 0.6 is 0 Å². The van der Waals surface area contributed by atoms with E-state index in [0.29, 0.717) is 5.92 Å². The first-order valence-corrected chi connectivity index (χ1v) is 9.70. The molecular weight excluding hydrogens is 309 g/mol. The molecule has 4 heteroatoms. The number of benzene rings is 1. The van der Waals surface area contributed by atoms with E-state index in [0.717, 1.165) is 5.46 Å². The van der Waals surface area contributed by atoms with Crippen molar-refractivity contribution in [2.24, 2.45) is 0 Å². The van der Waals surface area contributed by atoms with Gasteiger partial charge >= 0.3 is 7.12 Å². The van der Waals surface area contributed by atoms with Crippen LogP contribution in [0.4, 0.5) is 0 Å². The minimum Gasteiger partial charge on any atom is -0.399 e. The van der Waals surface area contributed by atoms with E-state index in [9.17, 15) is 0 Å². The molecule has 0 aliphatic carbocycles. The van der Waals surface area contributed by atoms with Gasteiger partial charge in [-0.1, -0.05) is 24.3 Å². The lowest BCUT2D eigenvalue weighted by atomic mass is 9.77. The van der Waals surface area contributed by atoms with Crippen LogP contribution in [0.15, 0.2) is 24.3 Å². The largest absolute Gasteiger partial charge is 0.494 e. The molecule has 25 heavy (non-hydrogen) atoms. The first-order valence-electron chi connectivity index (χ1n) is 9.70. The van der Waals surface area contributed by atoms with E-state index in [-0.39, 0.29) is 23.9 Å². The molecule has 0 N–H and O–H groups in total. The van der Waals surface area contributed by atoms with Crippen molar-refractivity contribution in [1.82, 2.24) is 4.90 Å². The molecule has 0 spiro atoms. The van der Waals surface area contributed by atoms with Crippen LogP contribution in [0.5, 0.6) is 0 Å². The van der Waals surface area contributed by atoms with E-state index in [1.54, 1.807) is 0 Å². The molecule has 0 radical (unpaired) electrons. The summed E-state index contributed by atoms with van der Waals surface area (Å²) in [5.74, 6) is 0.672. The van der Waals surface area contributed by atoms with Crippen LogP contribution < -0.4 is 5.46 Å². The molecule has 2 fully saturated rings. The minimum atomic E-state index is -0.282. The summed E-state index contributed by atoms with van der Waals surface area (Å²) >= 11 is 0. The van der Waals surface area contributed by atoms with Gasteiger partial charge in [0, 0.05) is 5.54 Å². The molecule has 1 aromatic carbocycles. The van der Waals surface area contributed by atoms with Gasteiger partial charge in [-0.05, 0) is 91.3 Å². The zero-order valence-electron chi connectivity index (χ0n) is 17.1.